The van der Waals surface area contributed by atoms with Crippen molar-refractivity contribution in [1.29, 1.82) is 0 Å². The van der Waals surface area contributed by atoms with E-state index in [-0.39, 0.29) is 126 Å². The van der Waals surface area contributed by atoms with Crippen LogP contribution in [0.2, 0.25) is 0 Å². The van der Waals surface area contributed by atoms with E-state index in [1.165, 1.54) is 32.6 Å². The van der Waals surface area contributed by atoms with Crippen LogP contribution in [0.15, 0.2) is 0 Å². The van der Waals surface area contributed by atoms with E-state index in [0.717, 1.165) is 18.2 Å². The highest BCUT2D eigenvalue weighted by molar-refractivity contribution is 6.03. The molecule has 3 aliphatic heterocycles. The number of carbonyl (C=O) groups is 24. The molecule has 54 heteroatoms. The number of carboxylic acids is 4. The second kappa shape index (κ2) is 66.6. The average molecular weight is 2140 g/mol. The molecule has 54 nitrogen and oxygen atoms in total. The standard InChI is InChI=1S/C96H163N23O31/c1-47(2)37-60(108-81(134)56(23-16-18-32-97)106-87(140)65(45-120)112-82(135)57(24-17-19-33-98)105-84(137)61(38-48(3)4)110-90(143)68-27-22-36-119(68)95(148)77(53(13)14)116-80(133)55-25-20-34-99-55)79(132)101-44-71(125)104-63(41-74(130)131)85(138)109-62(39-49(5)6)86(139)114-76(52(11)12)92(145)117-78(54(15)122)93(146)115-75(51(9)10)91(144)113-66(46-121)88(141)111-64(40-50(7)8)94(147)118-35-21-26-67(118)89(142)102-42-69(123)100-43-70(124)103-58(28-30-72(126)127)83(136)107-59(96(149)150)29-31-73(128)129/h47-68,75-78,99,120-122H,16-46,97-98H2,1-15H3,(H,100,123)(H,101,132)(H,102,142)(H,103,124)(H,104,125)(H,105,137)(H,106,140)(H,107,136)(H,108,134)(H,109,138)(H,110,143)(H,111,141)(H,112,135)(H,113,144)(H,114,139)(H,115,146)(H,116,133)(H,117,145)(H,126,127)(H,128,129)(H,130,131)(H,149,150)/t54-,55+,56+,57+,58+,59+,60+,61+,62+,63+,64+,65+,66+,67+,68+,75+,76+,77+,78+/m1/s1. The van der Waals surface area contributed by atoms with Gasteiger partial charge in [0.1, 0.15) is 103 Å². The van der Waals surface area contributed by atoms with Crippen molar-refractivity contribution >= 4 is 142 Å². The molecule has 0 aromatic heterocycles. The lowest BCUT2D eigenvalue weighted by molar-refractivity contribution is -0.144. The molecule has 3 aliphatic rings. The summed E-state index contributed by atoms with van der Waals surface area (Å²) in [5.74, 6) is -28.3. The van der Waals surface area contributed by atoms with Crippen LogP contribution in [-0.2, 0) is 115 Å². The van der Waals surface area contributed by atoms with Crippen molar-refractivity contribution < 1.29 is 151 Å². The summed E-state index contributed by atoms with van der Waals surface area (Å²) >= 11 is 0. The predicted molar refractivity (Wildman–Crippen MR) is 536 cm³/mol. The molecule has 0 unspecified atom stereocenters. The monoisotopic (exact) mass is 2130 g/mol. The van der Waals surface area contributed by atoms with E-state index in [1.807, 2.05) is 5.32 Å². The number of unbranched alkanes of at least 4 members (excludes halogenated alkanes) is 2. The number of aliphatic carboxylic acids is 4. The van der Waals surface area contributed by atoms with Gasteiger partial charge in [0.05, 0.1) is 51.4 Å². The van der Waals surface area contributed by atoms with Crippen LogP contribution in [0.1, 0.15) is 239 Å². The minimum Gasteiger partial charge on any atom is -0.481 e. The Morgan fingerprint density at radius 3 is 1.11 bits per heavy atom. The molecule has 0 saturated carbocycles. The highest BCUT2D eigenvalue weighted by atomic mass is 16.4. The van der Waals surface area contributed by atoms with Gasteiger partial charge in [0, 0.05) is 25.9 Å². The third kappa shape index (κ3) is 46.2. The van der Waals surface area contributed by atoms with Crippen LogP contribution in [0.3, 0.4) is 0 Å². The van der Waals surface area contributed by atoms with Crippen LogP contribution in [0.25, 0.3) is 0 Å². The molecule has 0 radical (unpaired) electrons. The number of hydrogen-bond donors (Lipinski definition) is 28. The van der Waals surface area contributed by atoms with Crippen molar-refractivity contribution in [2.24, 2.45) is 52.9 Å². The van der Waals surface area contributed by atoms with Crippen LogP contribution in [0.5, 0.6) is 0 Å². The topological polar surface area (TPSA) is 838 Å². The smallest absolute Gasteiger partial charge is 0.326 e. The Morgan fingerprint density at radius 1 is 0.313 bits per heavy atom. The molecule has 0 aromatic carbocycles. The summed E-state index contributed by atoms with van der Waals surface area (Å²) in [6.07, 6.45) is -2.14. The number of aliphatic hydroxyl groups is 3. The zero-order valence-electron chi connectivity index (χ0n) is 88.4. The van der Waals surface area contributed by atoms with E-state index < -0.39 is 334 Å². The molecule has 30 N–H and O–H groups in total. The maximum absolute atomic E-state index is 14.4. The first-order valence-electron chi connectivity index (χ1n) is 51.3. The minimum absolute atomic E-state index is 0.0274. The fourth-order valence-corrected chi connectivity index (χ4v) is 16.8. The molecule has 20 amide bonds. The van der Waals surface area contributed by atoms with E-state index >= 15 is 0 Å². The number of aliphatic hydroxyl groups excluding tert-OH is 3. The van der Waals surface area contributed by atoms with E-state index in [1.54, 1.807) is 69.2 Å². The Kier molecular flexibility index (Phi) is 58.2. The maximum Gasteiger partial charge on any atom is 0.326 e. The van der Waals surface area contributed by atoms with E-state index in [9.17, 15) is 146 Å². The van der Waals surface area contributed by atoms with Crippen LogP contribution in [0, 0.1) is 41.4 Å². The lowest BCUT2D eigenvalue weighted by Gasteiger charge is -2.32. The Hall–Kier alpha value is -13.0. The molecule has 19 atom stereocenters. The number of amides is 20. The van der Waals surface area contributed by atoms with Gasteiger partial charge in [-0.15, -0.1) is 0 Å². The number of nitrogens with two attached hydrogens (primary N) is 2. The number of carboxylic acid groups (broad SMARTS) is 4. The van der Waals surface area contributed by atoms with Crippen LogP contribution in [-0.4, -0.2) is 368 Å². The number of nitrogens with one attached hydrogen (secondary N) is 19. The quantitative estimate of drug-likeness (QED) is 0.0252. The molecule has 3 saturated heterocycles. The van der Waals surface area contributed by atoms with E-state index in [2.05, 4.69) is 95.7 Å². The third-order valence-corrected chi connectivity index (χ3v) is 24.9. The zero-order chi connectivity index (χ0) is 113. The summed E-state index contributed by atoms with van der Waals surface area (Å²) in [5, 5.41) is 117. The first-order valence-corrected chi connectivity index (χ1v) is 51.3. The fraction of sp³-hybridized carbons (Fsp3) is 0.750. The highest BCUT2D eigenvalue weighted by Crippen LogP contribution is 2.25. The van der Waals surface area contributed by atoms with Crippen LogP contribution >= 0.6 is 0 Å². The second-order valence-electron chi connectivity index (χ2n) is 40.7. The van der Waals surface area contributed by atoms with Crippen molar-refractivity contribution in [3.05, 3.63) is 0 Å². The van der Waals surface area contributed by atoms with Crippen LogP contribution in [0.4, 0.5) is 0 Å². The molecule has 3 fully saturated rings. The van der Waals surface area contributed by atoms with Gasteiger partial charge in [0.2, 0.25) is 118 Å². The molecular formula is C96H163N23O31. The van der Waals surface area contributed by atoms with Crippen LogP contribution < -0.4 is 112 Å². The van der Waals surface area contributed by atoms with Gasteiger partial charge in [-0.05, 0) is 184 Å². The molecule has 3 heterocycles. The van der Waals surface area contributed by atoms with E-state index in [4.69, 9.17) is 16.6 Å². The van der Waals surface area contributed by atoms with Crippen molar-refractivity contribution in [3.63, 3.8) is 0 Å². The van der Waals surface area contributed by atoms with Gasteiger partial charge in [-0.25, -0.2) is 4.79 Å². The fourth-order valence-electron chi connectivity index (χ4n) is 16.8. The summed E-state index contributed by atoms with van der Waals surface area (Å²) in [4.78, 5) is 328. The van der Waals surface area contributed by atoms with Gasteiger partial charge in [-0.2, -0.15) is 0 Å². The lowest BCUT2D eigenvalue weighted by Crippen LogP contribution is -2.63. The summed E-state index contributed by atoms with van der Waals surface area (Å²) < 4.78 is 0. The number of nitrogens with zero attached hydrogens (tertiary/aromatic N) is 2. The van der Waals surface area contributed by atoms with E-state index in [0.29, 0.717) is 32.2 Å². The lowest BCUT2D eigenvalue weighted by atomic mass is 9.98. The van der Waals surface area contributed by atoms with Gasteiger partial charge < -0.3 is 158 Å². The number of carbonyl (C=O) groups excluding carboxylic acids is 20. The number of likely N-dealkylation sites (tertiary alicyclic amines) is 2. The predicted octanol–water partition coefficient (Wildman–Crippen LogP) is -7.59. The Morgan fingerprint density at radius 2 is 0.667 bits per heavy atom. The van der Waals surface area contributed by atoms with Gasteiger partial charge in [-0.3, -0.25) is 110 Å². The first kappa shape index (κ1) is 131. The molecule has 0 aliphatic carbocycles. The Bertz CT molecular complexity index is 4590. The number of hydrogen-bond acceptors (Lipinski definition) is 30. The number of rotatable bonds is 69. The molecule has 848 valence electrons. The Labute approximate surface area is 871 Å². The van der Waals surface area contributed by atoms with Gasteiger partial charge in [0.25, 0.3) is 0 Å². The zero-order valence-corrected chi connectivity index (χ0v) is 88.4. The molecule has 150 heavy (non-hydrogen) atoms. The molecule has 0 spiro atoms. The molecule has 3 rings (SSSR count). The maximum atomic E-state index is 14.4. The molecule has 0 aromatic rings. The van der Waals surface area contributed by atoms with Gasteiger partial charge in [-0.1, -0.05) is 96.9 Å². The van der Waals surface area contributed by atoms with Crippen molar-refractivity contribution in [1.82, 2.24) is 111 Å². The average Bonchev–Trinajstić information content (AvgIpc) is 1.65. The first-order chi connectivity index (χ1) is 70.4. The normalized spacial score (nSPS) is 17.6. The van der Waals surface area contributed by atoms with Crippen molar-refractivity contribution in [2.75, 3.05) is 65.6 Å². The van der Waals surface area contributed by atoms with Gasteiger partial charge in [0.15, 0.2) is 0 Å². The second-order valence-corrected chi connectivity index (χ2v) is 40.7. The van der Waals surface area contributed by atoms with Crippen molar-refractivity contribution in [3.8, 4) is 0 Å². The highest BCUT2D eigenvalue weighted by Gasteiger charge is 2.46. The minimum atomic E-state index is -1.97. The summed E-state index contributed by atoms with van der Waals surface area (Å²) in [6, 6.07) is -26.3. The summed E-state index contributed by atoms with van der Waals surface area (Å²) in [5.41, 5.74) is 11.6. The molecule has 0 bridgehead atoms. The van der Waals surface area contributed by atoms with Gasteiger partial charge >= 0.3 is 23.9 Å². The largest absolute Gasteiger partial charge is 0.481 e. The summed E-state index contributed by atoms with van der Waals surface area (Å²) in [7, 11) is 0. The van der Waals surface area contributed by atoms with Crippen molar-refractivity contribution in [2.45, 2.75) is 354 Å². The molecular weight excluding hydrogens is 1970 g/mol. The Balaban J connectivity index is 1.74. The third-order valence-electron chi connectivity index (χ3n) is 24.9. The summed E-state index contributed by atoms with van der Waals surface area (Å²) in [6.45, 7) is 20.6. The SMILES string of the molecule is CC(C)C[C@H](NC(=O)[C@H](CCCCN)NC(=O)[C@H](CO)NC(=O)[C@H](CCCCN)NC(=O)[C@H](CC(C)C)NC(=O)[C@@H]1CCCN1C(=O)[C@@H](NC(=O)[C@@H]1CCCN1)C(C)C)C(=O)NCC(=O)N[C@@H](CC(=O)O)C(=O)N[C@@H](CC(C)C)C(=O)N[C@H](C(=O)N[C@H](C(=O)N[C@H](C(=O)N[C@@H](CO)C(=O)N[C@@H](CC(C)C)C(=O)N1CCC[C@H]1C(=O)NCC(=O)NCC(=O)N[C@@H](CCC(=O)O)C(=O)N[C@@H](CCC(=O)O)C(=O)O)C(C)C)[C@@H](C)O)C(C)C.